The highest BCUT2D eigenvalue weighted by Crippen LogP contribution is 2.47. The van der Waals surface area contributed by atoms with Gasteiger partial charge >= 0.3 is 6.09 Å². The maximum Gasteiger partial charge on any atom is 0.409 e. The number of halogens is 1. The highest BCUT2D eigenvalue weighted by molar-refractivity contribution is 5.94. The Kier molecular flexibility index (Phi) is 6.51. The molecule has 0 radical (unpaired) electrons. The number of carbonyl (C=O) groups excluding carboxylic acids is 2. The molecule has 170 valence electrons. The van der Waals surface area contributed by atoms with Crippen LogP contribution >= 0.6 is 0 Å². The second-order valence-corrected chi connectivity index (χ2v) is 9.33. The van der Waals surface area contributed by atoms with E-state index in [2.05, 4.69) is 4.90 Å². The molecule has 1 aromatic carbocycles. The van der Waals surface area contributed by atoms with E-state index in [0.29, 0.717) is 19.1 Å². The van der Waals surface area contributed by atoms with E-state index < -0.39 is 0 Å². The summed E-state index contributed by atoms with van der Waals surface area (Å²) in [5, 5.41) is 0. The third-order valence-corrected chi connectivity index (χ3v) is 7.35. The summed E-state index contributed by atoms with van der Waals surface area (Å²) in [6, 6.07) is 4.87. The fourth-order valence-corrected chi connectivity index (χ4v) is 5.66. The van der Waals surface area contributed by atoms with E-state index in [-0.39, 0.29) is 23.2 Å². The van der Waals surface area contributed by atoms with Gasteiger partial charge in [-0.2, -0.15) is 0 Å². The van der Waals surface area contributed by atoms with Gasteiger partial charge in [-0.05, 0) is 81.8 Å². The van der Waals surface area contributed by atoms with Crippen molar-refractivity contribution < 1.29 is 18.7 Å². The molecule has 1 atom stereocenters. The zero-order valence-electron chi connectivity index (χ0n) is 18.7. The zero-order chi connectivity index (χ0) is 22.0. The average Bonchev–Trinajstić information content (AvgIpc) is 2.92. The Morgan fingerprint density at radius 1 is 1.16 bits per heavy atom. The molecule has 0 saturated carbocycles. The van der Waals surface area contributed by atoms with Crippen LogP contribution < -0.4 is 4.90 Å². The molecule has 1 aromatic rings. The normalized spacial score (nSPS) is 24.9. The van der Waals surface area contributed by atoms with Crippen molar-refractivity contribution in [2.75, 3.05) is 50.8 Å². The molecule has 0 N–H and O–H groups in total. The number of likely N-dealkylation sites (tertiary alicyclic amines) is 2. The second kappa shape index (κ2) is 9.15. The molecule has 1 spiro atoms. The molecule has 31 heavy (non-hydrogen) atoms. The van der Waals surface area contributed by atoms with Crippen LogP contribution in [-0.2, 0) is 14.9 Å². The van der Waals surface area contributed by atoms with Gasteiger partial charge in [0.15, 0.2) is 0 Å². The molecule has 4 rings (SSSR count). The number of fused-ring (bicyclic) bond motifs is 2. The van der Waals surface area contributed by atoms with Crippen LogP contribution in [0.1, 0.15) is 51.5 Å². The van der Waals surface area contributed by atoms with E-state index in [0.717, 1.165) is 76.1 Å². The Balaban J connectivity index is 1.38. The van der Waals surface area contributed by atoms with E-state index in [1.165, 1.54) is 6.07 Å². The monoisotopic (exact) mass is 431 g/mol. The summed E-state index contributed by atoms with van der Waals surface area (Å²) in [6.07, 6.45) is 4.78. The maximum absolute atomic E-state index is 14.1. The summed E-state index contributed by atoms with van der Waals surface area (Å²) in [4.78, 5) is 30.3. The number of carbonyl (C=O) groups is 2. The SMILES string of the molecule is CCOC(=O)N1CCC(CN2CCCC3(CC2)CN(C(C)=O)c2ccc(F)cc23)CC1. The third kappa shape index (κ3) is 4.56. The largest absolute Gasteiger partial charge is 0.450 e. The first-order valence-corrected chi connectivity index (χ1v) is 11.6. The minimum Gasteiger partial charge on any atom is -0.450 e. The van der Waals surface area contributed by atoms with Crippen LogP contribution in [0.3, 0.4) is 0 Å². The molecule has 2 fully saturated rings. The molecular formula is C24H34FN3O3. The van der Waals surface area contributed by atoms with Gasteiger partial charge in [0.25, 0.3) is 0 Å². The molecule has 0 aromatic heterocycles. The van der Waals surface area contributed by atoms with Crippen LogP contribution in [0.4, 0.5) is 14.9 Å². The Bertz CT molecular complexity index is 824. The molecule has 3 aliphatic heterocycles. The van der Waals surface area contributed by atoms with E-state index in [9.17, 15) is 14.0 Å². The summed E-state index contributed by atoms with van der Waals surface area (Å²) in [6.45, 7) is 9.07. The van der Waals surface area contributed by atoms with E-state index >= 15 is 0 Å². The number of nitrogens with zero attached hydrogens (tertiary/aromatic N) is 3. The molecule has 6 nitrogen and oxygen atoms in total. The minimum absolute atomic E-state index is 0.0270. The van der Waals surface area contributed by atoms with Crippen molar-refractivity contribution >= 4 is 17.7 Å². The molecule has 0 bridgehead atoms. The second-order valence-electron chi connectivity index (χ2n) is 9.33. The Labute approximate surface area is 184 Å². The lowest BCUT2D eigenvalue weighted by atomic mass is 9.76. The van der Waals surface area contributed by atoms with Crippen molar-refractivity contribution in [1.82, 2.24) is 9.80 Å². The number of hydrogen-bond acceptors (Lipinski definition) is 4. The molecule has 2 amide bonds. The molecule has 2 saturated heterocycles. The van der Waals surface area contributed by atoms with Crippen molar-refractivity contribution in [3.05, 3.63) is 29.6 Å². The maximum atomic E-state index is 14.1. The Morgan fingerprint density at radius 2 is 1.94 bits per heavy atom. The molecule has 0 aliphatic carbocycles. The van der Waals surface area contributed by atoms with Gasteiger partial charge in [0.05, 0.1) is 6.61 Å². The number of ether oxygens (including phenoxy) is 1. The molecule has 7 heteroatoms. The lowest BCUT2D eigenvalue weighted by Crippen LogP contribution is -2.42. The van der Waals surface area contributed by atoms with Gasteiger partial charge in [-0.25, -0.2) is 9.18 Å². The number of rotatable bonds is 3. The number of benzene rings is 1. The van der Waals surface area contributed by atoms with Gasteiger partial charge in [0.2, 0.25) is 5.91 Å². The highest BCUT2D eigenvalue weighted by Gasteiger charge is 2.45. The van der Waals surface area contributed by atoms with Gasteiger partial charge in [-0.15, -0.1) is 0 Å². The summed E-state index contributed by atoms with van der Waals surface area (Å²) < 4.78 is 19.2. The minimum atomic E-state index is -0.224. The summed E-state index contributed by atoms with van der Waals surface area (Å²) >= 11 is 0. The van der Waals surface area contributed by atoms with E-state index in [1.807, 2.05) is 16.7 Å². The number of piperidine rings is 1. The highest BCUT2D eigenvalue weighted by atomic mass is 19.1. The number of hydrogen-bond donors (Lipinski definition) is 0. The standard InChI is InChI=1S/C24H34FN3O3/c1-3-31-23(30)27-12-7-19(8-13-27)16-26-11-4-9-24(10-14-26)17-28(18(2)29)22-6-5-20(25)15-21(22)24/h5-6,15,19H,3-4,7-14,16-17H2,1-2H3. The summed E-state index contributed by atoms with van der Waals surface area (Å²) in [5.41, 5.74) is 1.74. The van der Waals surface area contributed by atoms with Gasteiger partial charge < -0.3 is 19.4 Å². The molecular weight excluding hydrogens is 397 g/mol. The molecule has 3 heterocycles. The Hall–Kier alpha value is -2.15. The summed E-state index contributed by atoms with van der Waals surface area (Å²) in [7, 11) is 0. The fourth-order valence-electron chi connectivity index (χ4n) is 5.66. The van der Waals surface area contributed by atoms with E-state index in [4.69, 9.17) is 4.74 Å². The first-order chi connectivity index (χ1) is 14.9. The predicted molar refractivity (Wildman–Crippen MR) is 118 cm³/mol. The van der Waals surface area contributed by atoms with Crippen molar-refractivity contribution in [1.29, 1.82) is 0 Å². The number of anilines is 1. The van der Waals surface area contributed by atoms with Crippen molar-refractivity contribution in [3.8, 4) is 0 Å². The lowest BCUT2D eigenvalue weighted by molar-refractivity contribution is -0.116. The zero-order valence-corrected chi connectivity index (χ0v) is 18.7. The van der Waals surface area contributed by atoms with Gasteiger partial charge in [-0.1, -0.05) is 0 Å². The predicted octanol–water partition coefficient (Wildman–Crippen LogP) is 3.78. The number of amides is 2. The van der Waals surface area contributed by atoms with Crippen LogP contribution in [-0.4, -0.2) is 67.7 Å². The third-order valence-electron chi connectivity index (χ3n) is 7.35. The van der Waals surface area contributed by atoms with Gasteiger partial charge in [0, 0.05) is 44.2 Å². The van der Waals surface area contributed by atoms with E-state index in [1.54, 1.807) is 19.1 Å². The fraction of sp³-hybridized carbons (Fsp3) is 0.667. The van der Waals surface area contributed by atoms with Gasteiger partial charge in [0.1, 0.15) is 5.82 Å². The van der Waals surface area contributed by atoms with Crippen molar-refractivity contribution in [3.63, 3.8) is 0 Å². The van der Waals surface area contributed by atoms with Crippen LogP contribution in [0.15, 0.2) is 18.2 Å². The smallest absolute Gasteiger partial charge is 0.409 e. The Morgan fingerprint density at radius 3 is 2.65 bits per heavy atom. The van der Waals surface area contributed by atoms with Crippen LogP contribution in [0, 0.1) is 11.7 Å². The van der Waals surface area contributed by atoms with Crippen molar-refractivity contribution in [2.45, 2.75) is 51.4 Å². The van der Waals surface area contributed by atoms with Crippen LogP contribution in [0.25, 0.3) is 0 Å². The summed E-state index contributed by atoms with van der Waals surface area (Å²) in [5.74, 6) is 0.388. The first kappa shape index (κ1) is 22.1. The molecule has 3 aliphatic rings. The first-order valence-electron chi connectivity index (χ1n) is 11.6. The van der Waals surface area contributed by atoms with Crippen LogP contribution in [0.2, 0.25) is 0 Å². The topological polar surface area (TPSA) is 53.1 Å². The van der Waals surface area contributed by atoms with Crippen LogP contribution in [0.5, 0.6) is 0 Å². The lowest BCUT2D eigenvalue weighted by Gasteiger charge is -2.34. The molecule has 1 unspecified atom stereocenters. The average molecular weight is 432 g/mol. The van der Waals surface area contributed by atoms with Crippen molar-refractivity contribution in [2.24, 2.45) is 5.92 Å². The van der Waals surface area contributed by atoms with Gasteiger partial charge in [-0.3, -0.25) is 4.79 Å². The quantitative estimate of drug-likeness (QED) is 0.731.